The lowest BCUT2D eigenvalue weighted by atomic mass is 10.1. The minimum atomic E-state index is -1.04. The van der Waals surface area contributed by atoms with Gasteiger partial charge in [0.1, 0.15) is 17.0 Å². The van der Waals surface area contributed by atoms with Crippen LogP contribution in [0.15, 0.2) is 30.5 Å². The average molecular weight is 277 g/mol. The number of aromatic nitrogens is 3. The van der Waals surface area contributed by atoms with Gasteiger partial charge in [-0.25, -0.2) is 4.68 Å². The van der Waals surface area contributed by atoms with E-state index in [1.54, 1.807) is 33.2 Å². The number of aliphatic hydroxyl groups excluding tert-OH is 1. The largest absolute Gasteiger partial charge is 0.497 e. The maximum absolute atomic E-state index is 10.2. The summed E-state index contributed by atoms with van der Waals surface area (Å²) in [6.45, 7) is 3.54. The zero-order valence-corrected chi connectivity index (χ0v) is 11.8. The summed E-state index contributed by atoms with van der Waals surface area (Å²) in [7, 11) is 1.58. The summed E-state index contributed by atoms with van der Waals surface area (Å²) in [4.78, 5) is 0. The molecule has 2 N–H and O–H groups in total. The van der Waals surface area contributed by atoms with E-state index in [1.807, 2.05) is 18.2 Å². The van der Waals surface area contributed by atoms with E-state index < -0.39 is 11.7 Å². The SMILES string of the molecule is COc1cccc(C(O)Cn2cc(C(C)(C)O)nn2)c1. The lowest BCUT2D eigenvalue weighted by molar-refractivity contribution is 0.0736. The van der Waals surface area contributed by atoms with Crippen molar-refractivity contribution in [2.75, 3.05) is 7.11 Å². The maximum atomic E-state index is 10.2. The van der Waals surface area contributed by atoms with E-state index >= 15 is 0 Å². The smallest absolute Gasteiger partial charge is 0.119 e. The molecule has 0 saturated heterocycles. The van der Waals surface area contributed by atoms with Crippen molar-refractivity contribution in [1.82, 2.24) is 15.0 Å². The Morgan fingerprint density at radius 2 is 2.15 bits per heavy atom. The van der Waals surface area contributed by atoms with Gasteiger partial charge < -0.3 is 14.9 Å². The number of hydrogen-bond acceptors (Lipinski definition) is 5. The summed E-state index contributed by atoms with van der Waals surface area (Å²) in [5.74, 6) is 0.692. The fraction of sp³-hybridized carbons (Fsp3) is 0.429. The first-order valence-electron chi connectivity index (χ1n) is 6.35. The Hall–Kier alpha value is -1.92. The first-order valence-corrected chi connectivity index (χ1v) is 6.35. The second-order valence-corrected chi connectivity index (χ2v) is 5.18. The molecular weight excluding hydrogens is 258 g/mol. The summed E-state index contributed by atoms with van der Waals surface area (Å²) < 4.78 is 6.64. The number of aliphatic hydroxyl groups is 2. The van der Waals surface area contributed by atoms with Crippen LogP contribution >= 0.6 is 0 Å². The molecule has 6 nitrogen and oxygen atoms in total. The molecule has 0 aliphatic carbocycles. The molecule has 0 aliphatic rings. The Labute approximate surface area is 117 Å². The van der Waals surface area contributed by atoms with Crippen LogP contribution in [0.25, 0.3) is 0 Å². The molecule has 0 spiro atoms. The Balaban J connectivity index is 2.11. The fourth-order valence-electron chi connectivity index (χ4n) is 1.80. The number of benzene rings is 1. The minimum absolute atomic E-state index is 0.260. The predicted octanol–water partition coefficient (Wildman–Crippen LogP) is 1.25. The molecule has 0 aliphatic heterocycles. The molecule has 6 heteroatoms. The quantitative estimate of drug-likeness (QED) is 0.859. The molecule has 0 radical (unpaired) electrons. The van der Waals surface area contributed by atoms with Gasteiger partial charge in [-0.05, 0) is 31.5 Å². The van der Waals surface area contributed by atoms with Gasteiger partial charge in [-0.3, -0.25) is 0 Å². The van der Waals surface area contributed by atoms with E-state index in [0.29, 0.717) is 11.4 Å². The van der Waals surface area contributed by atoms with Gasteiger partial charge in [0, 0.05) is 0 Å². The van der Waals surface area contributed by atoms with E-state index in [0.717, 1.165) is 5.56 Å². The van der Waals surface area contributed by atoms with Crippen LogP contribution in [0.2, 0.25) is 0 Å². The number of ether oxygens (including phenoxy) is 1. The van der Waals surface area contributed by atoms with Gasteiger partial charge in [0.05, 0.1) is 26.0 Å². The highest BCUT2D eigenvalue weighted by atomic mass is 16.5. The van der Waals surface area contributed by atoms with Crippen molar-refractivity contribution in [2.24, 2.45) is 0 Å². The minimum Gasteiger partial charge on any atom is -0.497 e. The molecule has 108 valence electrons. The molecule has 0 bridgehead atoms. The second-order valence-electron chi connectivity index (χ2n) is 5.18. The van der Waals surface area contributed by atoms with Crippen molar-refractivity contribution in [3.63, 3.8) is 0 Å². The summed E-state index contributed by atoms with van der Waals surface area (Å²) in [6.07, 6.45) is 0.907. The van der Waals surface area contributed by atoms with E-state index in [1.165, 1.54) is 4.68 Å². The first kappa shape index (κ1) is 14.5. The number of nitrogens with zero attached hydrogens (tertiary/aromatic N) is 3. The van der Waals surface area contributed by atoms with E-state index in [4.69, 9.17) is 4.74 Å². The average Bonchev–Trinajstić information content (AvgIpc) is 2.87. The van der Waals surface area contributed by atoms with Crippen LogP contribution in [0.4, 0.5) is 0 Å². The molecular formula is C14H19N3O3. The van der Waals surface area contributed by atoms with Crippen LogP contribution in [0.3, 0.4) is 0 Å². The van der Waals surface area contributed by atoms with Crippen molar-refractivity contribution in [3.05, 3.63) is 41.7 Å². The molecule has 1 unspecified atom stereocenters. The first-order chi connectivity index (χ1) is 9.40. The van der Waals surface area contributed by atoms with Gasteiger partial charge in [0.2, 0.25) is 0 Å². The van der Waals surface area contributed by atoms with Gasteiger partial charge in [0.15, 0.2) is 0 Å². The van der Waals surface area contributed by atoms with E-state index in [-0.39, 0.29) is 6.54 Å². The van der Waals surface area contributed by atoms with Crippen LogP contribution in [0, 0.1) is 0 Å². The molecule has 1 aromatic heterocycles. The second kappa shape index (κ2) is 5.60. The third-order valence-corrected chi connectivity index (χ3v) is 3.00. The van der Waals surface area contributed by atoms with Gasteiger partial charge in [-0.15, -0.1) is 5.10 Å². The summed E-state index contributed by atoms with van der Waals surface area (Å²) >= 11 is 0. The highest BCUT2D eigenvalue weighted by molar-refractivity contribution is 5.29. The normalized spacial score (nSPS) is 13.2. The summed E-state index contributed by atoms with van der Waals surface area (Å²) in [5.41, 5.74) is 0.166. The van der Waals surface area contributed by atoms with Gasteiger partial charge in [-0.2, -0.15) is 0 Å². The predicted molar refractivity (Wildman–Crippen MR) is 73.2 cm³/mol. The Bertz CT molecular complexity index is 575. The lowest BCUT2D eigenvalue weighted by Gasteiger charge is -2.13. The van der Waals surface area contributed by atoms with E-state index in [9.17, 15) is 10.2 Å². The fourth-order valence-corrected chi connectivity index (χ4v) is 1.80. The molecule has 1 aromatic carbocycles. The molecule has 2 aromatic rings. The standard InChI is InChI=1S/C14H19N3O3/c1-14(2,19)13-9-17(16-15-13)8-12(18)10-5-4-6-11(7-10)20-3/h4-7,9,12,18-19H,8H2,1-3H3. The van der Waals surface area contributed by atoms with Crippen LogP contribution in [-0.4, -0.2) is 32.3 Å². The topological polar surface area (TPSA) is 80.4 Å². The van der Waals surface area contributed by atoms with Crippen LogP contribution in [0.5, 0.6) is 5.75 Å². The third kappa shape index (κ3) is 3.34. The number of rotatable bonds is 5. The van der Waals surface area contributed by atoms with Crippen molar-refractivity contribution in [2.45, 2.75) is 32.1 Å². The Morgan fingerprint density at radius 1 is 1.40 bits per heavy atom. The van der Waals surface area contributed by atoms with Crippen LogP contribution in [0.1, 0.15) is 31.2 Å². The van der Waals surface area contributed by atoms with Crippen LogP contribution in [-0.2, 0) is 12.1 Å². The third-order valence-electron chi connectivity index (χ3n) is 3.00. The highest BCUT2D eigenvalue weighted by Gasteiger charge is 2.20. The molecule has 1 atom stereocenters. The Kier molecular flexibility index (Phi) is 4.06. The van der Waals surface area contributed by atoms with Crippen molar-refractivity contribution >= 4 is 0 Å². The number of methoxy groups -OCH3 is 1. The Morgan fingerprint density at radius 3 is 2.75 bits per heavy atom. The van der Waals surface area contributed by atoms with Gasteiger partial charge in [0.25, 0.3) is 0 Å². The monoisotopic (exact) mass is 277 g/mol. The van der Waals surface area contributed by atoms with Gasteiger partial charge in [-0.1, -0.05) is 17.3 Å². The van der Waals surface area contributed by atoms with E-state index in [2.05, 4.69) is 10.3 Å². The zero-order valence-electron chi connectivity index (χ0n) is 11.8. The lowest BCUT2D eigenvalue weighted by Crippen LogP contribution is -2.16. The maximum Gasteiger partial charge on any atom is 0.119 e. The molecule has 0 fully saturated rings. The van der Waals surface area contributed by atoms with Crippen LogP contribution < -0.4 is 4.74 Å². The zero-order chi connectivity index (χ0) is 14.8. The van der Waals surface area contributed by atoms with Gasteiger partial charge >= 0.3 is 0 Å². The summed E-state index contributed by atoms with van der Waals surface area (Å²) in [6, 6.07) is 7.23. The van der Waals surface area contributed by atoms with Crippen molar-refractivity contribution in [3.8, 4) is 5.75 Å². The molecule has 0 saturated carbocycles. The molecule has 0 amide bonds. The summed E-state index contributed by atoms with van der Waals surface area (Å²) in [5, 5.41) is 27.8. The highest BCUT2D eigenvalue weighted by Crippen LogP contribution is 2.21. The van der Waals surface area contributed by atoms with Crippen molar-refractivity contribution < 1.29 is 14.9 Å². The molecule has 1 heterocycles. The van der Waals surface area contributed by atoms with Crippen molar-refractivity contribution in [1.29, 1.82) is 0 Å². The number of hydrogen-bond donors (Lipinski definition) is 2. The molecule has 2 rings (SSSR count). The molecule has 20 heavy (non-hydrogen) atoms.